The van der Waals surface area contributed by atoms with E-state index in [2.05, 4.69) is 10.3 Å². The van der Waals surface area contributed by atoms with Crippen LogP contribution in [0.25, 0.3) is 10.9 Å². The highest BCUT2D eigenvalue weighted by Gasteiger charge is 2.11. The summed E-state index contributed by atoms with van der Waals surface area (Å²) in [5.74, 6) is 1.00. The van der Waals surface area contributed by atoms with Crippen LogP contribution in [0.1, 0.15) is 11.4 Å². The zero-order valence-electron chi connectivity index (χ0n) is 14.2. The Morgan fingerprint density at radius 2 is 2.00 bits per heavy atom. The zero-order chi connectivity index (χ0) is 17.8. The van der Waals surface area contributed by atoms with Crippen LogP contribution in [0.3, 0.4) is 0 Å². The lowest BCUT2D eigenvalue weighted by Crippen LogP contribution is -2.33. The van der Waals surface area contributed by atoms with E-state index in [0.717, 1.165) is 11.3 Å². The van der Waals surface area contributed by atoms with E-state index < -0.39 is 0 Å². The summed E-state index contributed by atoms with van der Waals surface area (Å²) in [6.45, 7) is 2.03. The molecule has 0 spiro atoms. The number of ether oxygens (including phenoxy) is 1. The monoisotopic (exact) mass is 337 g/mol. The number of nitrogens with zero attached hydrogens (tertiary/aromatic N) is 2. The van der Waals surface area contributed by atoms with Gasteiger partial charge in [-0.05, 0) is 36.8 Å². The van der Waals surface area contributed by atoms with Crippen molar-refractivity contribution in [3.8, 4) is 5.75 Å². The first-order valence-corrected chi connectivity index (χ1v) is 7.94. The minimum atomic E-state index is -0.245. The molecule has 0 aliphatic carbocycles. The van der Waals surface area contributed by atoms with Gasteiger partial charge >= 0.3 is 0 Å². The van der Waals surface area contributed by atoms with E-state index in [1.807, 2.05) is 30.3 Å². The zero-order valence-corrected chi connectivity index (χ0v) is 14.2. The van der Waals surface area contributed by atoms with E-state index in [4.69, 9.17) is 4.74 Å². The summed E-state index contributed by atoms with van der Waals surface area (Å²) in [6, 6.07) is 14.6. The Bertz CT molecular complexity index is 979. The van der Waals surface area contributed by atoms with Crippen molar-refractivity contribution in [2.45, 2.75) is 20.0 Å². The van der Waals surface area contributed by atoms with Crippen molar-refractivity contribution in [2.75, 3.05) is 7.11 Å². The Morgan fingerprint density at radius 1 is 1.20 bits per heavy atom. The number of nitrogens with one attached hydrogen (secondary N) is 1. The lowest BCUT2D eigenvalue weighted by atomic mass is 10.2. The van der Waals surface area contributed by atoms with Crippen LogP contribution in [0.2, 0.25) is 0 Å². The molecule has 0 fully saturated rings. The number of aromatic nitrogens is 2. The maximum Gasteiger partial charge on any atom is 0.261 e. The van der Waals surface area contributed by atoms with Gasteiger partial charge in [0, 0.05) is 6.54 Å². The van der Waals surface area contributed by atoms with E-state index >= 15 is 0 Å². The van der Waals surface area contributed by atoms with Crippen LogP contribution in [-0.4, -0.2) is 22.6 Å². The Hall–Kier alpha value is -3.15. The number of benzene rings is 2. The van der Waals surface area contributed by atoms with Gasteiger partial charge in [0.2, 0.25) is 5.91 Å². The number of amides is 1. The third kappa shape index (κ3) is 3.68. The Labute approximate surface area is 145 Å². The average molecular weight is 337 g/mol. The van der Waals surface area contributed by atoms with Gasteiger partial charge in [-0.3, -0.25) is 14.2 Å². The van der Waals surface area contributed by atoms with Crippen molar-refractivity contribution >= 4 is 16.8 Å². The Kier molecular flexibility index (Phi) is 4.79. The van der Waals surface area contributed by atoms with Gasteiger partial charge in [-0.2, -0.15) is 0 Å². The molecular weight excluding hydrogens is 318 g/mol. The second-order valence-electron chi connectivity index (χ2n) is 5.70. The Balaban J connectivity index is 1.74. The van der Waals surface area contributed by atoms with E-state index in [1.165, 1.54) is 4.57 Å². The highest BCUT2D eigenvalue weighted by molar-refractivity contribution is 5.79. The predicted molar refractivity (Wildman–Crippen MR) is 95.6 cm³/mol. The van der Waals surface area contributed by atoms with Crippen LogP contribution in [0, 0.1) is 6.92 Å². The van der Waals surface area contributed by atoms with Gasteiger partial charge in [0.1, 0.15) is 18.1 Å². The molecule has 0 atom stereocenters. The minimum absolute atomic E-state index is 0.0630. The summed E-state index contributed by atoms with van der Waals surface area (Å²) in [7, 11) is 1.60. The second kappa shape index (κ2) is 7.17. The van der Waals surface area contributed by atoms with Crippen LogP contribution >= 0.6 is 0 Å². The van der Waals surface area contributed by atoms with Crippen LogP contribution < -0.4 is 15.6 Å². The topological polar surface area (TPSA) is 73.2 Å². The number of aryl methyl sites for hydroxylation is 1. The fourth-order valence-electron chi connectivity index (χ4n) is 2.65. The number of carbonyl (C=O) groups excluding carboxylic acids is 1. The van der Waals surface area contributed by atoms with Crippen molar-refractivity contribution < 1.29 is 9.53 Å². The van der Waals surface area contributed by atoms with Crippen molar-refractivity contribution in [3.05, 3.63) is 70.3 Å². The van der Waals surface area contributed by atoms with Crippen molar-refractivity contribution in [1.29, 1.82) is 0 Å². The molecule has 3 aromatic rings. The van der Waals surface area contributed by atoms with Gasteiger partial charge in [0.25, 0.3) is 5.56 Å². The molecule has 1 N–H and O–H groups in total. The van der Waals surface area contributed by atoms with Gasteiger partial charge in [-0.1, -0.05) is 24.3 Å². The number of para-hydroxylation sites is 1. The van der Waals surface area contributed by atoms with Gasteiger partial charge in [-0.15, -0.1) is 0 Å². The van der Waals surface area contributed by atoms with E-state index in [0.29, 0.717) is 23.3 Å². The predicted octanol–water partition coefficient (Wildman–Crippen LogP) is 2.03. The van der Waals surface area contributed by atoms with Crippen LogP contribution in [0.5, 0.6) is 5.75 Å². The number of hydrogen-bond acceptors (Lipinski definition) is 4. The van der Waals surface area contributed by atoms with Crippen LogP contribution in [0.15, 0.2) is 53.3 Å². The number of hydrogen-bond donors (Lipinski definition) is 1. The average Bonchev–Trinajstić information content (AvgIpc) is 2.63. The lowest BCUT2D eigenvalue weighted by molar-refractivity contribution is -0.121. The van der Waals surface area contributed by atoms with Crippen LogP contribution in [-0.2, 0) is 17.9 Å². The summed E-state index contributed by atoms with van der Waals surface area (Å²) < 4.78 is 6.56. The summed E-state index contributed by atoms with van der Waals surface area (Å²) >= 11 is 0. The first kappa shape index (κ1) is 16.7. The fraction of sp³-hybridized carbons (Fsp3) is 0.211. The highest BCUT2D eigenvalue weighted by atomic mass is 16.5. The number of rotatable bonds is 5. The Morgan fingerprint density at radius 3 is 2.80 bits per heavy atom. The SMILES string of the molecule is COc1cccc(CNC(=O)Cn2c(C)nc3ccccc3c2=O)c1. The lowest BCUT2D eigenvalue weighted by Gasteiger charge is -2.11. The molecule has 3 rings (SSSR count). The third-order valence-corrected chi connectivity index (χ3v) is 3.98. The molecule has 0 aliphatic rings. The smallest absolute Gasteiger partial charge is 0.261 e. The molecule has 0 unspecified atom stereocenters. The molecular formula is C19H19N3O3. The summed E-state index contributed by atoms with van der Waals surface area (Å²) in [6.07, 6.45) is 0. The summed E-state index contributed by atoms with van der Waals surface area (Å²) in [4.78, 5) is 29.2. The maximum atomic E-state index is 12.6. The van der Waals surface area contributed by atoms with Crippen molar-refractivity contribution in [2.24, 2.45) is 0 Å². The number of carbonyl (C=O) groups is 1. The van der Waals surface area contributed by atoms with Gasteiger partial charge in [-0.25, -0.2) is 4.98 Å². The highest BCUT2D eigenvalue weighted by Crippen LogP contribution is 2.12. The largest absolute Gasteiger partial charge is 0.497 e. The maximum absolute atomic E-state index is 12.6. The number of fused-ring (bicyclic) bond motifs is 1. The molecule has 128 valence electrons. The van der Waals surface area contributed by atoms with Gasteiger partial charge < -0.3 is 10.1 Å². The van der Waals surface area contributed by atoms with E-state index in [9.17, 15) is 9.59 Å². The quantitative estimate of drug-likeness (QED) is 0.773. The first-order valence-electron chi connectivity index (χ1n) is 7.94. The van der Waals surface area contributed by atoms with Crippen molar-refractivity contribution in [3.63, 3.8) is 0 Å². The van der Waals surface area contributed by atoms with E-state index in [-0.39, 0.29) is 18.0 Å². The normalized spacial score (nSPS) is 10.6. The molecule has 2 aromatic carbocycles. The fourth-order valence-corrected chi connectivity index (χ4v) is 2.65. The molecule has 0 saturated heterocycles. The first-order chi connectivity index (χ1) is 12.1. The standard InChI is InChI=1S/C19H19N3O3/c1-13-21-17-9-4-3-8-16(17)19(24)22(13)12-18(23)20-11-14-6-5-7-15(10-14)25-2/h3-10H,11-12H2,1-2H3,(H,20,23). The molecule has 1 aromatic heterocycles. The van der Waals surface area contributed by atoms with E-state index in [1.54, 1.807) is 32.2 Å². The van der Waals surface area contributed by atoms with Crippen LogP contribution in [0.4, 0.5) is 0 Å². The molecule has 6 nitrogen and oxygen atoms in total. The molecule has 1 heterocycles. The summed E-state index contributed by atoms with van der Waals surface area (Å²) in [5, 5.41) is 3.33. The summed E-state index contributed by atoms with van der Waals surface area (Å²) in [5.41, 5.74) is 1.35. The molecule has 0 bridgehead atoms. The molecule has 25 heavy (non-hydrogen) atoms. The minimum Gasteiger partial charge on any atom is -0.497 e. The second-order valence-corrected chi connectivity index (χ2v) is 5.70. The number of methoxy groups -OCH3 is 1. The van der Waals surface area contributed by atoms with Crippen molar-refractivity contribution in [1.82, 2.24) is 14.9 Å². The molecule has 0 saturated carbocycles. The molecule has 0 radical (unpaired) electrons. The molecule has 1 amide bonds. The third-order valence-electron chi connectivity index (χ3n) is 3.98. The molecule has 6 heteroatoms. The molecule has 0 aliphatic heterocycles. The van der Waals surface area contributed by atoms with Gasteiger partial charge in [0.05, 0.1) is 18.0 Å². The van der Waals surface area contributed by atoms with Gasteiger partial charge in [0.15, 0.2) is 0 Å².